The van der Waals surface area contributed by atoms with Gasteiger partial charge in [-0.2, -0.15) is 0 Å². The predicted octanol–water partition coefficient (Wildman–Crippen LogP) is 1.90. The Hall–Kier alpha value is -1.75. The second-order valence-electron chi connectivity index (χ2n) is 3.50. The van der Waals surface area contributed by atoms with E-state index in [2.05, 4.69) is 5.32 Å². The molecule has 6 heteroatoms. The molecule has 3 N–H and O–H groups in total. The molecule has 5 nitrogen and oxygen atoms in total. The van der Waals surface area contributed by atoms with Gasteiger partial charge in [-0.25, -0.2) is 0 Å². The molecule has 1 rings (SSSR count). The van der Waals surface area contributed by atoms with Gasteiger partial charge in [0.15, 0.2) is 0 Å². The molecule has 1 aromatic carbocycles. The van der Waals surface area contributed by atoms with Gasteiger partial charge < -0.3 is 15.2 Å². The van der Waals surface area contributed by atoms with Crippen molar-refractivity contribution < 1.29 is 14.6 Å². The van der Waals surface area contributed by atoms with Crippen LogP contribution in [0.5, 0.6) is 5.75 Å². The molecular weight excluding hydrogens is 256 g/mol. The monoisotopic (exact) mass is 272 g/mol. The Morgan fingerprint density at radius 3 is 2.50 bits per heavy atom. The first kappa shape index (κ1) is 16.2. The first-order valence-corrected chi connectivity index (χ1v) is 5.35. The standard InChI is InChI=1S/C12H16N2O3.ClH/c1-14-12(13)9-4-6-10(7-5-9)17-8-2-3-11(15)16;/h4-7H,2-3,8H2,1H3,(H2,13,14)(H,15,16);1H. The van der Waals surface area contributed by atoms with E-state index in [9.17, 15) is 4.79 Å². The van der Waals surface area contributed by atoms with E-state index < -0.39 is 5.97 Å². The van der Waals surface area contributed by atoms with E-state index >= 15 is 0 Å². The summed E-state index contributed by atoms with van der Waals surface area (Å²) in [7, 11) is 1.69. The number of carboxylic acids is 1. The molecule has 1 aromatic rings. The summed E-state index contributed by atoms with van der Waals surface area (Å²) in [6, 6.07) is 7.10. The highest BCUT2D eigenvalue weighted by Gasteiger charge is 2.00. The van der Waals surface area contributed by atoms with Crippen LogP contribution in [0.1, 0.15) is 18.4 Å². The number of carbonyl (C=O) groups is 1. The lowest BCUT2D eigenvalue weighted by molar-refractivity contribution is -0.137. The number of ether oxygens (including phenoxy) is 1. The Bertz CT molecular complexity index is 393. The number of amidine groups is 1. The zero-order valence-electron chi connectivity index (χ0n) is 10.1. The van der Waals surface area contributed by atoms with Gasteiger partial charge in [0.05, 0.1) is 6.61 Å². The zero-order valence-corrected chi connectivity index (χ0v) is 10.9. The molecule has 0 amide bonds. The highest BCUT2D eigenvalue weighted by atomic mass is 35.5. The van der Waals surface area contributed by atoms with Crippen LogP contribution in [0.4, 0.5) is 0 Å². The first-order chi connectivity index (χ1) is 8.13. The summed E-state index contributed by atoms with van der Waals surface area (Å²) < 4.78 is 5.37. The van der Waals surface area contributed by atoms with Crippen molar-refractivity contribution in [2.24, 2.45) is 0 Å². The molecule has 0 aliphatic heterocycles. The van der Waals surface area contributed by atoms with Gasteiger partial charge >= 0.3 is 5.97 Å². The average molecular weight is 273 g/mol. The molecule has 0 aliphatic rings. The topological polar surface area (TPSA) is 82.4 Å². The van der Waals surface area contributed by atoms with Crippen LogP contribution in [0.3, 0.4) is 0 Å². The third-order valence-electron chi connectivity index (χ3n) is 2.20. The molecule has 0 unspecified atom stereocenters. The van der Waals surface area contributed by atoms with Crippen molar-refractivity contribution in [1.29, 1.82) is 5.41 Å². The predicted molar refractivity (Wildman–Crippen MR) is 71.9 cm³/mol. The maximum Gasteiger partial charge on any atom is 0.303 e. The van der Waals surface area contributed by atoms with Crippen LogP contribution in [0, 0.1) is 5.41 Å². The average Bonchev–Trinajstić information content (AvgIpc) is 2.34. The molecule has 0 saturated heterocycles. The molecule has 0 saturated carbocycles. The Balaban J connectivity index is 0.00000289. The van der Waals surface area contributed by atoms with E-state index in [-0.39, 0.29) is 18.8 Å². The first-order valence-electron chi connectivity index (χ1n) is 5.35. The molecule has 0 aromatic heterocycles. The van der Waals surface area contributed by atoms with Gasteiger partial charge in [-0.15, -0.1) is 12.4 Å². The number of halogens is 1. The quantitative estimate of drug-likeness (QED) is 0.420. The largest absolute Gasteiger partial charge is 0.494 e. The Morgan fingerprint density at radius 2 is 2.00 bits per heavy atom. The number of hydrogen-bond donors (Lipinski definition) is 3. The van der Waals surface area contributed by atoms with Gasteiger partial charge in [-0.1, -0.05) is 0 Å². The number of nitrogens with one attached hydrogen (secondary N) is 2. The number of rotatable bonds is 6. The summed E-state index contributed by atoms with van der Waals surface area (Å²) in [5.41, 5.74) is 0.783. The summed E-state index contributed by atoms with van der Waals surface area (Å²) in [4.78, 5) is 10.3. The maximum atomic E-state index is 10.3. The van der Waals surface area contributed by atoms with Gasteiger partial charge in [0, 0.05) is 19.0 Å². The third-order valence-corrected chi connectivity index (χ3v) is 2.20. The third kappa shape index (κ3) is 5.54. The summed E-state index contributed by atoms with van der Waals surface area (Å²) in [6.07, 6.45) is 0.603. The second-order valence-corrected chi connectivity index (χ2v) is 3.50. The molecule has 18 heavy (non-hydrogen) atoms. The zero-order chi connectivity index (χ0) is 12.7. The number of aliphatic carboxylic acids is 1. The molecule has 0 aliphatic carbocycles. The highest BCUT2D eigenvalue weighted by molar-refractivity contribution is 5.96. The second kappa shape index (κ2) is 8.36. The summed E-state index contributed by atoms with van der Waals surface area (Å²) in [5.74, 6) is 0.219. The number of carboxylic acid groups (broad SMARTS) is 1. The van der Waals surface area contributed by atoms with Crippen molar-refractivity contribution in [2.45, 2.75) is 12.8 Å². The van der Waals surface area contributed by atoms with E-state index in [0.29, 0.717) is 24.6 Å². The van der Waals surface area contributed by atoms with Crippen molar-refractivity contribution >= 4 is 24.2 Å². The van der Waals surface area contributed by atoms with Crippen molar-refractivity contribution in [3.05, 3.63) is 29.8 Å². The lowest BCUT2D eigenvalue weighted by Gasteiger charge is -2.07. The van der Waals surface area contributed by atoms with E-state index in [1.165, 1.54) is 0 Å². The van der Waals surface area contributed by atoms with Crippen molar-refractivity contribution in [3.8, 4) is 5.75 Å². The molecule has 0 fully saturated rings. The lowest BCUT2D eigenvalue weighted by Crippen LogP contribution is -2.17. The van der Waals surface area contributed by atoms with E-state index in [4.69, 9.17) is 15.3 Å². The minimum atomic E-state index is -0.814. The highest BCUT2D eigenvalue weighted by Crippen LogP contribution is 2.12. The van der Waals surface area contributed by atoms with Crippen LogP contribution in [-0.2, 0) is 4.79 Å². The fraction of sp³-hybridized carbons (Fsp3) is 0.333. The van der Waals surface area contributed by atoms with Gasteiger partial charge in [0.1, 0.15) is 11.6 Å². The molecule has 0 heterocycles. The number of hydrogen-bond acceptors (Lipinski definition) is 3. The maximum absolute atomic E-state index is 10.3. The van der Waals surface area contributed by atoms with Crippen LogP contribution in [0.25, 0.3) is 0 Å². The van der Waals surface area contributed by atoms with Gasteiger partial charge in [0.25, 0.3) is 0 Å². The fourth-order valence-corrected chi connectivity index (χ4v) is 1.28. The Morgan fingerprint density at radius 1 is 1.39 bits per heavy atom. The van der Waals surface area contributed by atoms with Crippen LogP contribution in [0.15, 0.2) is 24.3 Å². The summed E-state index contributed by atoms with van der Waals surface area (Å²) in [6.45, 7) is 0.384. The fourth-order valence-electron chi connectivity index (χ4n) is 1.28. The normalized spacial score (nSPS) is 9.17. The van der Waals surface area contributed by atoms with Crippen molar-refractivity contribution in [1.82, 2.24) is 5.32 Å². The van der Waals surface area contributed by atoms with Gasteiger partial charge in [-0.3, -0.25) is 10.2 Å². The number of benzene rings is 1. The van der Waals surface area contributed by atoms with E-state index in [0.717, 1.165) is 5.56 Å². The van der Waals surface area contributed by atoms with Gasteiger partial charge in [-0.05, 0) is 30.7 Å². The lowest BCUT2D eigenvalue weighted by atomic mass is 10.2. The molecule has 0 bridgehead atoms. The van der Waals surface area contributed by atoms with E-state index in [1.54, 1.807) is 31.3 Å². The Kier molecular flexibility index (Phi) is 7.54. The van der Waals surface area contributed by atoms with Crippen LogP contribution in [0.2, 0.25) is 0 Å². The minimum Gasteiger partial charge on any atom is -0.494 e. The van der Waals surface area contributed by atoms with Crippen LogP contribution in [-0.4, -0.2) is 30.6 Å². The molecular formula is C12H17ClN2O3. The Labute approximate surface area is 112 Å². The van der Waals surface area contributed by atoms with Gasteiger partial charge in [0.2, 0.25) is 0 Å². The van der Waals surface area contributed by atoms with Crippen molar-refractivity contribution in [3.63, 3.8) is 0 Å². The SMILES string of the molecule is CNC(=N)c1ccc(OCCCC(=O)O)cc1.Cl. The van der Waals surface area contributed by atoms with Crippen LogP contribution >= 0.6 is 12.4 Å². The van der Waals surface area contributed by atoms with E-state index in [1.807, 2.05) is 0 Å². The summed E-state index contributed by atoms with van der Waals surface area (Å²) in [5, 5.41) is 18.7. The van der Waals surface area contributed by atoms with Crippen LogP contribution < -0.4 is 10.1 Å². The molecule has 0 spiro atoms. The minimum absolute atomic E-state index is 0. The van der Waals surface area contributed by atoms with Crippen molar-refractivity contribution in [2.75, 3.05) is 13.7 Å². The molecule has 0 atom stereocenters. The molecule has 100 valence electrons. The smallest absolute Gasteiger partial charge is 0.303 e. The summed E-state index contributed by atoms with van der Waals surface area (Å²) >= 11 is 0. The molecule has 0 radical (unpaired) electrons.